The summed E-state index contributed by atoms with van der Waals surface area (Å²) >= 11 is 0. The van der Waals surface area contributed by atoms with E-state index in [-0.39, 0.29) is 0 Å². The predicted octanol–water partition coefficient (Wildman–Crippen LogP) is 3.33. The van der Waals surface area contributed by atoms with Crippen LogP contribution in [0.4, 0.5) is 17.5 Å². The van der Waals surface area contributed by atoms with Crippen LogP contribution in [0.3, 0.4) is 0 Å². The summed E-state index contributed by atoms with van der Waals surface area (Å²) in [6.07, 6.45) is 2.32. The lowest BCUT2D eigenvalue weighted by atomic mass is 10.2. The van der Waals surface area contributed by atoms with E-state index >= 15 is 0 Å². The first kappa shape index (κ1) is 18.3. The first-order valence-electron chi connectivity index (χ1n) is 9.43. The predicted molar refractivity (Wildman–Crippen MR) is 108 cm³/mol. The lowest BCUT2D eigenvalue weighted by Gasteiger charge is -2.36. The van der Waals surface area contributed by atoms with Crippen LogP contribution in [0, 0.1) is 6.92 Å². The minimum Gasteiger partial charge on any atom is -0.495 e. The molecule has 2 aromatic rings. The van der Waals surface area contributed by atoms with Crippen molar-refractivity contribution < 1.29 is 4.74 Å². The quantitative estimate of drug-likeness (QED) is 0.769. The van der Waals surface area contributed by atoms with Gasteiger partial charge in [-0.05, 0) is 25.5 Å². The summed E-state index contributed by atoms with van der Waals surface area (Å²) in [6.45, 7) is 8.83. The van der Waals surface area contributed by atoms with E-state index in [4.69, 9.17) is 9.72 Å². The number of para-hydroxylation sites is 2. The molecule has 0 spiro atoms. The van der Waals surface area contributed by atoms with Crippen molar-refractivity contribution in [1.82, 2.24) is 9.97 Å². The van der Waals surface area contributed by atoms with E-state index in [1.165, 1.54) is 6.42 Å². The first-order chi connectivity index (χ1) is 12.7. The average molecular weight is 355 g/mol. The van der Waals surface area contributed by atoms with Crippen LogP contribution >= 0.6 is 0 Å². The molecule has 140 valence electrons. The number of ether oxygens (including phenoxy) is 1. The molecule has 0 amide bonds. The SMILES string of the molecule is CCCCNc1cc(C)nc(N2CCN(c3ccccc3OC)CC2)n1. The molecule has 1 aromatic carbocycles. The highest BCUT2D eigenvalue weighted by Gasteiger charge is 2.21. The van der Waals surface area contributed by atoms with Gasteiger partial charge in [-0.3, -0.25) is 0 Å². The molecule has 3 rings (SSSR count). The molecule has 1 aromatic heterocycles. The van der Waals surface area contributed by atoms with Gasteiger partial charge in [0, 0.05) is 44.5 Å². The number of anilines is 3. The van der Waals surface area contributed by atoms with E-state index < -0.39 is 0 Å². The summed E-state index contributed by atoms with van der Waals surface area (Å²) in [5.74, 6) is 2.67. The lowest BCUT2D eigenvalue weighted by Crippen LogP contribution is -2.47. The summed E-state index contributed by atoms with van der Waals surface area (Å²) in [5, 5.41) is 3.41. The normalized spacial score (nSPS) is 14.4. The number of aromatic nitrogens is 2. The van der Waals surface area contributed by atoms with Gasteiger partial charge < -0.3 is 19.9 Å². The summed E-state index contributed by atoms with van der Waals surface area (Å²) in [5.41, 5.74) is 2.16. The zero-order valence-electron chi connectivity index (χ0n) is 16.0. The van der Waals surface area contributed by atoms with Crippen molar-refractivity contribution >= 4 is 17.5 Å². The average Bonchev–Trinajstić information content (AvgIpc) is 2.68. The van der Waals surface area contributed by atoms with Gasteiger partial charge in [0.2, 0.25) is 5.95 Å². The van der Waals surface area contributed by atoms with Gasteiger partial charge in [-0.15, -0.1) is 0 Å². The van der Waals surface area contributed by atoms with Gasteiger partial charge in [-0.2, -0.15) is 4.98 Å². The molecule has 1 N–H and O–H groups in total. The van der Waals surface area contributed by atoms with Crippen molar-refractivity contribution in [3.05, 3.63) is 36.0 Å². The maximum absolute atomic E-state index is 5.50. The molecular formula is C20H29N5O. The van der Waals surface area contributed by atoms with Crippen molar-refractivity contribution in [1.29, 1.82) is 0 Å². The largest absolute Gasteiger partial charge is 0.495 e. The van der Waals surface area contributed by atoms with Crippen LogP contribution in [0.25, 0.3) is 0 Å². The fourth-order valence-corrected chi connectivity index (χ4v) is 3.22. The number of hydrogen-bond donors (Lipinski definition) is 1. The minimum absolute atomic E-state index is 0.823. The van der Waals surface area contributed by atoms with Crippen molar-refractivity contribution in [2.45, 2.75) is 26.7 Å². The van der Waals surface area contributed by atoms with Crippen molar-refractivity contribution in [2.75, 3.05) is 55.0 Å². The van der Waals surface area contributed by atoms with E-state index in [1.807, 2.05) is 25.1 Å². The Morgan fingerprint density at radius 3 is 2.54 bits per heavy atom. The van der Waals surface area contributed by atoms with Gasteiger partial charge in [0.25, 0.3) is 0 Å². The number of aryl methyl sites for hydroxylation is 1. The highest BCUT2D eigenvalue weighted by molar-refractivity contribution is 5.59. The topological polar surface area (TPSA) is 53.5 Å². The summed E-state index contributed by atoms with van der Waals surface area (Å²) in [6, 6.07) is 10.2. The Labute approximate surface area is 156 Å². The molecule has 0 aliphatic carbocycles. The van der Waals surface area contributed by atoms with Gasteiger partial charge in [0.05, 0.1) is 12.8 Å². The van der Waals surface area contributed by atoms with Crippen LogP contribution in [0.15, 0.2) is 30.3 Å². The third-order valence-corrected chi connectivity index (χ3v) is 4.67. The lowest BCUT2D eigenvalue weighted by molar-refractivity contribution is 0.413. The molecule has 26 heavy (non-hydrogen) atoms. The summed E-state index contributed by atoms with van der Waals surface area (Å²) in [7, 11) is 1.72. The molecule has 1 fully saturated rings. The number of methoxy groups -OCH3 is 1. The van der Waals surface area contributed by atoms with E-state index in [9.17, 15) is 0 Å². The fraction of sp³-hybridized carbons (Fsp3) is 0.500. The number of benzene rings is 1. The number of nitrogens with zero attached hydrogens (tertiary/aromatic N) is 4. The highest BCUT2D eigenvalue weighted by Crippen LogP contribution is 2.29. The highest BCUT2D eigenvalue weighted by atomic mass is 16.5. The third kappa shape index (κ3) is 4.36. The maximum atomic E-state index is 5.50. The van der Waals surface area contributed by atoms with Crippen LogP contribution in [0.2, 0.25) is 0 Å². The molecule has 6 nitrogen and oxygen atoms in total. The van der Waals surface area contributed by atoms with Crippen LogP contribution in [0.5, 0.6) is 5.75 Å². The summed E-state index contributed by atoms with van der Waals surface area (Å²) < 4.78 is 5.50. The molecular weight excluding hydrogens is 326 g/mol. The third-order valence-electron chi connectivity index (χ3n) is 4.67. The molecule has 0 atom stereocenters. The van der Waals surface area contributed by atoms with Gasteiger partial charge in [-0.1, -0.05) is 25.5 Å². The molecule has 2 heterocycles. The van der Waals surface area contributed by atoms with Crippen LogP contribution in [-0.4, -0.2) is 49.8 Å². The molecule has 1 aliphatic heterocycles. The van der Waals surface area contributed by atoms with Crippen LogP contribution < -0.4 is 19.9 Å². The number of unbranched alkanes of at least 4 members (excludes halogenated alkanes) is 1. The van der Waals surface area contributed by atoms with Crippen molar-refractivity contribution in [2.24, 2.45) is 0 Å². The minimum atomic E-state index is 0.823. The molecule has 0 radical (unpaired) electrons. The number of nitrogens with one attached hydrogen (secondary N) is 1. The fourth-order valence-electron chi connectivity index (χ4n) is 3.22. The second-order valence-corrected chi connectivity index (χ2v) is 6.62. The number of piperazine rings is 1. The molecule has 1 saturated heterocycles. The second kappa shape index (κ2) is 8.74. The molecule has 0 bridgehead atoms. The van der Waals surface area contributed by atoms with Gasteiger partial charge in [0.1, 0.15) is 11.6 Å². The zero-order valence-corrected chi connectivity index (χ0v) is 16.0. The monoisotopic (exact) mass is 355 g/mol. The van der Waals surface area contributed by atoms with Crippen LogP contribution in [-0.2, 0) is 0 Å². The maximum Gasteiger partial charge on any atom is 0.227 e. The number of hydrogen-bond acceptors (Lipinski definition) is 6. The Morgan fingerprint density at radius 1 is 1.08 bits per heavy atom. The Kier molecular flexibility index (Phi) is 6.15. The van der Waals surface area contributed by atoms with Gasteiger partial charge >= 0.3 is 0 Å². The van der Waals surface area contributed by atoms with Gasteiger partial charge in [-0.25, -0.2) is 4.98 Å². The van der Waals surface area contributed by atoms with E-state index in [0.717, 1.165) is 68.0 Å². The molecule has 0 unspecified atom stereocenters. The Bertz CT molecular complexity index is 713. The van der Waals surface area contributed by atoms with Crippen molar-refractivity contribution in [3.8, 4) is 5.75 Å². The summed E-state index contributed by atoms with van der Waals surface area (Å²) in [4.78, 5) is 14.0. The smallest absolute Gasteiger partial charge is 0.227 e. The Hall–Kier alpha value is -2.50. The van der Waals surface area contributed by atoms with E-state index in [1.54, 1.807) is 7.11 Å². The zero-order chi connectivity index (χ0) is 18.4. The van der Waals surface area contributed by atoms with Crippen molar-refractivity contribution in [3.63, 3.8) is 0 Å². The van der Waals surface area contributed by atoms with Crippen LogP contribution in [0.1, 0.15) is 25.5 Å². The van der Waals surface area contributed by atoms with E-state index in [2.05, 4.69) is 39.2 Å². The standard InChI is InChI=1S/C20H29N5O/c1-4-5-10-21-19-15-16(2)22-20(23-19)25-13-11-24(12-14-25)17-8-6-7-9-18(17)26-3/h6-9,15H,4-5,10-14H2,1-3H3,(H,21,22,23). The second-order valence-electron chi connectivity index (χ2n) is 6.62. The molecule has 0 saturated carbocycles. The Morgan fingerprint density at radius 2 is 1.81 bits per heavy atom. The van der Waals surface area contributed by atoms with Gasteiger partial charge in [0.15, 0.2) is 0 Å². The Balaban J connectivity index is 1.66. The van der Waals surface area contributed by atoms with E-state index in [0.29, 0.717) is 0 Å². The molecule has 1 aliphatic rings. The first-order valence-corrected chi connectivity index (χ1v) is 9.43. The number of rotatable bonds is 7. The molecule has 6 heteroatoms.